The van der Waals surface area contributed by atoms with Crippen LogP contribution in [0.5, 0.6) is 0 Å². The van der Waals surface area contributed by atoms with E-state index in [1.807, 2.05) is 6.07 Å². The van der Waals surface area contributed by atoms with Crippen LogP contribution < -0.4 is 11.1 Å². The Balaban J connectivity index is 2.04. The molecule has 0 aliphatic carbocycles. The standard InChI is InChI=1S/C15H24FN3/c1-12(2)19-8-6-15(11-17,7-9-19)18-14-5-3-4-13(16)10-14/h3-5,10,12,18H,6-9,11,17H2,1-2H3. The van der Waals surface area contributed by atoms with Gasteiger partial charge in [0.25, 0.3) is 0 Å². The van der Waals surface area contributed by atoms with Crippen LogP contribution in [0.15, 0.2) is 24.3 Å². The lowest BCUT2D eigenvalue weighted by Gasteiger charge is -2.43. The first-order valence-electron chi connectivity index (χ1n) is 7.02. The van der Waals surface area contributed by atoms with Gasteiger partial charge in [0.15, 0.2) is 0 Å². The zero-order chi connectivity index (χ0) is 13.9. The number of likely N-dealkylation sites (tertiary alicyclic amines) is 1. The summed E-state index contributed by atoms with van der Waals surface area (Å²) in [5.74, 6) is -0.211. The van der Waals surface area contributed by atoms with Crippen molar-refractivity contribution in [3.8, 4) is 0 Å². The summed E-state index contributed by atoms with van der Waals surface area (Å²) in [5, 5.41) is 3.45. The highest BCUT2D eigenvalue weighted by Gasteiger charge is 2.33. The van der Waals surface area contributed by atoms with Gasteiger partial charge in [-0.05, 0) is 44.9 Å². The van der Waals surface area contributed by atoms with E-state index in [9.17, 15) is 4.39 Å². The van der Waals surface area contributed by atoms with Crippen molar-refractivity contribution in [1.29, 1.82) is 0 Å². The number of piperidine rings is 1. The number of hydrogen-bond acceptors (Lipinski definition) is 3. The average molecular weight is 265 g/mol. The second-order valence-corrected chi connectivity index (χ2v) is 5.75. The molecule has 3 N–H and O–H groups in total. The molecule has 3 nitrogen and oxygen atoms in total. The van der Waals surface area contributed by atoms with Gasteiger partial charge in [0.1, 0.15) is 5.82 Å². The Kier molecular flexibility index (Phi) is 4.42. The van der Waals surface area contributed by atoms with Crippen LogP contribution >= 0.6 is 0 Å². The molecule has 0 radical (unpaired) electrons. The summed E-state index contributed by atoms with van der Waals surface area (Å²) in [5.41, 5.74) is 6.70. The van der Waals surface area contributed by atoms with Gasteiger partial charge >= 0.3 is 0 Å². The van der Waals surface area contributed by atoms with E-state index < -0.39 is 0 Å². The van der Waals surface area contributed by atoms with Gasteiger partial charge in [-0.3, -0.25) is 0 Å². The third-order valence-corrected chi connectivity index (χ3v) is 4.11. The zero-order valence-electron chi connectivity index (χ0n) is 11.8. The molecule has 0 aromatic heterocycles. The van der Waals surface area contributed by atoms with Gasteiger partial charge in [-0.2, -0.15) is 0 Å². The van der Waals surface area contributed by atoms with Crippen molar-refractivity contribution < 1.29 is 4.39 Å². The second-order valence-electron chi connectivity index (χ2n) is 5.75. The SMILES string of the molecule is CC(C)N1CCC(CN)(Nc2cccc(F)c2)CC1. The van der Waals surface area contributed by atoms with E-state index in [1.54, 1.807) is 6.07 Å². The summed E-state index contributed by atoms with van der Waals surface area (Å²) in [6.07, 6.45) is 2.00. The molecule has 1 saturated heterocycles. The summed E-state index contributed by atoms with van der Waals surface area (Å²) in [4.78, 5) is 2.46. The maximum atomic E-state index is 13.2. The van der Waals surface area contributed by atoms with Crippen molar-refractivity contribution in [2.24, 2.45) is 5.73 Å². The summed E-state index contributed by atoms with van der Waals surface area (Å²) in [6, 6.07) is 7.19. The Morgan fingerprint density at radius 2 is 2.05 bits per heavy atom. The van der Waals surface area contributed by atoms with Gasteiger partial charge < -0.3 is 16.0 Å². The minimum absolute atomic E-state index is 0.0980. The number of hydrogen-bond donors (Lipinski definition) is 2. The Bertz CT molecular complexity index is 412. The highest BCUT2D eigenvalue weighted by atomic mass is 19.1. The molecule has 1 fully saturated rings. The summed E-state index contributed by atoms with van der Waals surface area (Å²) in [7, 11) is 0. The zero-order valence-corrected chi connectivity index (χ0v) is 11.8. The Morgan fingerprint density at radius 3 is 2.58 bits per heavy atom. The maximum Gasteiger partial charge on any atom is 0.125 e. The fourth-order valence-corrected chi connectivity index (χ4v) is 2.72. The fraction of sp³-hybridized carbons (Fsp3) is 0.600. The molecule has 1 aromatic carbocycles. The molecule has 1 aliphatic heterocycles. The highest BCUT2D eigenvalue weighted by Crippen LogP contribution is 2.27. The molecule has 106 valence electrons. The van der Waals surface area contributed by atoms with Crippen LogP contribution in [0.4, 0.5) is 10.1 Å². The number of anilines is 1. The predicted molar refractivity (Wildman–Crippen MR) is 77.8 cm³/mol. The van der Waals surface area contributed by atoms with Crippen LogP contribution in [0, 0.1) is 5.82 Å². The first-order valence-corrected chi connectivity index (χ1v) is 7.02. The summed E-state index contributed by atoms with van der Waals surface area (Å²) in [6.45, 7) is 7.09. The third kappa shape index (κ3) is 3.45. The molecule has 0 bridgehead atoms. The lowest BCUT2D eigenvalue weighted by atomic mass is 9.86. The normalized spacial score (nSPS) is 19.6. The lowest BCUT2D eigenvalue weighted by molar-refractivity contribution is 0.144. The number of halogens is 1. The van der Waals surface area contributed by atoms with Gasteiger partial charge in [0.05, 0.1) is 5.54 Å². The van der Waals surface area contributed by atoms with Gasteiger partial charge in [-0.15, -0.1) is 0 Å². The molecule has 0 saturated carbocycles. The number of nitrogens with one attached hydrogen (secondary N) is 1. The van der Waals surface area contributed by atoms with E-state index in [-0.39, 0.29) is 11.4 Å². The first-order chi connectivity index (χ1) is 9.04. The molecule has 1 heterocycles. The number of rotatable bonds is 4. The summed E-state index contributed by atoms with van der Waals surface area (Å²) < 4.78 is 13.2. The van der Waals surface area contributed by atoms with Crippen LogP contribution in [-0.2, 0) is 0 Å². The molecule has 0 amide bonds. The summed E-state index contributed by atoms with van der Waals surface area (Å²) >= 11 is 0. The average Bonchev–Trinajstić information content (AvgIpc) is 2.39. The monoisotopic (exact) mass is 265 g/mol. The maximum absolute atomic E-state index is 13.2. The smallest absolute Gasteiger partial charge is 0.125 e. The Labute approximate surface area is 115 Å². The molecule has 1 aliphatic rings. The van der Waals surface area contributed by atoms with E-state index in [0.717, 1.165) is 31.6 Å². The quantitative estimate of drug-likeness (QED) is 0.878. The molecular weight excluding hydrogens is 241 g/mol. The van der Waals surface area contributed by atoms with Crippen molar-refractivity contribution in [3.05, 3.63) is 30.1 Å². The predicted octanol–water partition coefficient (Wildman–Crippen LogP) is 2.44. The van der Waals surface area contributed by atoms with Crippen molar-refractivity contribution in [2.75, 3.05) is 25.0 Å². The van der Waals surface area contributed by atoms with Crippen LogP contribution in [0.3, 0.4) is 0 Å². The minimum atomic E-state index is -0.211. The van der Waals surface area contributed by atoms with Crippen molar-refractivity contribution in [2.45, 2.75) is 38.3 Å². The largest absolute Gasteiger partial charge is 0.378 e. The van der Waals surface area contributed by atoms with Crippen LogP contribution in [0.2, 0.25) is 0 Å². The fourth-order valence-electron chi connectivity index (χ4n) is 2.72. The molecule has 0 unspecified atom stereocenters. The number of benzene rings is 1. The van der Waals surface area contributed by atoms with Crippen molar-refractivity contribution >= 4 is 5.69 Å². The molecule has 0 atom stereocenters. The van der Waals surface area contributed by atoms with E-state index in [4.69, 9.17) is 5.73 Å². The second kappa shape index (κ2) is 5.88. The highest BCUT2D eigenvalue weighted by molar-refractivity contribution is 5.46. The Hall–Kier alpha value is -1.13. The van der Waals surface area contributed by atoms with E-state index >= 15 is 0 Å². The topological polar surface area (TPSA) is 41.3 Å². The van der Waals surface area contributed by atoms with Gasteiger partial charge in [-0.1, -0.05) is 6.07 Å². The molecule has 1 aromatic rings. The van der Waals surface area contributed by atoms with Gasteiger partial charge in [0, 0.05) is 31.4 Å². The van der Waals surface area contributed by atoms with E-state index in [2.05, 4.69) is 24.1 Å². The molecular formula is C15H24FN3. The van der Waals surface area contributed by atoms with Crippen molar-refractivity contribution in [3.63, 3.8) is 0 Å². The van der Waals surface area contributed by atoms with Crippen LogP contribution in [0.25, 0.3) is 0 Å². The number of nitrogens with two attached hydrogens (primary N) is 1. The van der Waals surface area contributed by atoms with Gasteiger partial charge in [0.2, 0.25) is 0 Å². The van der Waals surface area contributed by atoms with Crippen LogP contribution in [0.1, 0.15) is 26.7 Å². The molecule has 4 heteroatoms. The minimum Gasteiger partial charge on any atom is -0.378 e. The molecule has 2 rings (SSSR count). The third-order valence-electron chi connectivity index (χ3n) is 4.11. The lowest BCUT2D eigenvalue weighted by Crippen LogP contribution is -2.54. The first kappa shape index (κ1) is 14.3. The number of nitrogens with zero attached hydrogens (tertiary/aromatic N) is 1. The van der Waals surface area contributed by atoms with E-state index in [1.165, 1.54) is 12.1 Å². The van der Waals surface area contributed by atoms with E-state index in [0.29, 0.717) is 12.6 Å². The Morgan fingerprint density at radius 1 is 1.37 bits per heavy atom. The van der Waals surface area contributed by atoms with Crippen LogP contribution in [-0.4, -0.2) is 36.1 Å². The van der Waals surface area contributed by atoms with Crippen molar-refractivity contribution in [1.82, 2.24) is 4.90 Å². The van der Waals surface area contributed by atoms with Gasteiger partial charge in [-0.25, -0.2) is 4.39 Å². The molecule has 0 spiro atoms. The molecule has 19 heavy (non-hydrogen) atoms.